The van der Waals surface area contributed by atoms with E-state index < -0.39 is 5.97 Å². The van der Waals surface area contributed by atoms with Crippen molar-refractivity contribution in [2.24, 2.45) is 0 Å². The molecule has 0 amide bonds. The van der Waals surface area contributed by atoms with Gasteiger partial charge in [-0.05, 0) is 61.1 Å². The second-order valence-electron chi connectivity index (χ2n) is 8.72. The highest BCUT2D eigenvalue weighted by Gasteiger charge is 2.22. The van der Waals surface area contributed by atoms with E-state index in [1.165, 1.54) is 0 Å². The minimum Gasteiger partial charge on any atom is -0.462 e. The highest BCUT2D eigenvalue weighted by molar-refractivity contribution is 7.80. The van der Waals surface area contributed by atoms with Crippen molar-refractivity contribution in [1.82, 2.24) is 15.2 Å². The van der Waals surface area contributed by atoms with Crippen LogP contribution in [0.1, 0.15) is 17.3 Å². The molecule has 0 aliphatic heterocycles. The summed E-state index contributed by atoms with van der Waals surface area (Å²) in [6.07, 6.45) is 1.72. The molecule has 5 aromatic rings. The minimum absolute atomic E-state index is 0.220. The number of nitrogens with zero attached hydrogens (tertiary/aromatic N) is 2. The van der Waals surface area contributed by atoms with Gasteiger partial charge in [-0.1, -0.05) is 71.7 Å². The molecule has 41 heavy (non-hydrogen) atoms. The van der Waals surface area contributed by atoms with E-state index in [2.05, 4.69) is 31.1 Å². The molecule has 3 aromatic carbocycles. The Morgan fingerprint density at radius 1 is 0.878 bits per heavy atom. The predicted octanol–water partition coefficient (Wildman–Crippen LogP) is 8.17. The van der Waals surface area contributed by atoms with Gasteiger partial charge >= 0.3 is 5.97 Å². The molecule has 4 N–H and O–H groups in total. The molecule has 0 spiro atoms. The van der Waals surface area contributed by atoms with Crippen LogP contribution >= 0.6 is 35.4 Å². The number of aromatic amines is 1. The number of anilines is 4. The van der Waals surface area contributed by atoms with Gasteiger partial charge in [0.2, 0.25) is 0 Å². The number of H-pyrrole nitrogens is 1. The van der Waals surface area contributed by atoms with Gasteiger partial charge in [0.1, 0.15) is 11.4 Å². The number of para-hydroxylation sites is 2. The van der Waals surface area contributed by atoms with Crippen LogP contribution in [-0.4, -0.2) is 32.9 Å². The van der Waals surface area contributed by atoms with E-state index in [9.17, 15) is 4.79 Å². The molecular formula is C30H24Cl2N6O2S. The summed E-state index contributed by atoms with van der Waals surface area (Å²) in [5.41, 5.74) is 4.71. The Bertz CT molecular complexity index is 1690. The normalized spacial score (nSPS) is 10.6. The molecule has 0 bridgehead atoms. The van der Waals surface area contributed by atoms with E-state index in [4.69, 9.17) is 40.2 Å². The second kappa shape index (κ2) is 12.8. The third-order valence-electron chi connectivity index (χ3n) is 6.00. The quantitative estimate of drug-likeness (QED) is 0.104. The Balaban J connectivity index is 1.36. The summed E-state index contributed by atoms with van der Waals surface area (Å²) in [6.45, 7) is 1.97. The Morgan fingerprint density at radius 2 is 1.63 bits per heavy atom. The highest BCUT2D eigenvalue weighted by Crippen LogP contribution is 2.36. The number of benzene rings is 3. The maximum absolute atomic E-state index is 13.0. The molecule has 0 aliphatic rings. The van der Waals surface area contributed by atoms with Crippen LogP contribution in [0.3, 0.4) is 0 Å². The maximum Gasteiger partial charge on any atom is 0.342 e. The monoisotopic (exact) mass is 602 g/mol. The molecule has 11 heteroatoms. The van der Waals surface area contributed by atoms with Crippen LogP contribution in [0.2, 0.25) is 10.0 Å². The molecule has 206 valence electrons. The summed E-state index contributed by atoms with van der Waals surface area (Å²) in [7, 11) is 0. The topological polar surface area (TPSA) is 104 Å². The van der Waals surface area contributed by atoms with Crippen LogP contribution in [0.25, 0.3) is 22.4 Å². The van der Waals surface area contributed by atoms with Crippen molar-refractivity contribution in [3.8, 4) is 22.4 Å². The summed E-state index contributed by atoms with van der Waals surface area (Å²) in [5, 5.41) is 19.2. The van der Waals surface area contributed by atoms with Crippen molar-refractivity contribution < 1.29 is 9.53 Å². The van der Waals surface area contributed by atoms with E-state index in [0.29, 0.717) is 54.9 Å². The molecule has 0 aliphatic carbocycles. The highest BCUT2D eigenvalue weighted by atomic mass is 35.5. The van der Waals surface area contributed by atoms with E-state index in [1.807, 2.05) is 66.7 Å². The summed E-state index contributed by atoms with van der Waals surface area (Å²) in [6, 6.07) is 26.1. The fourth-order valence-electron chi connectivity index (χ4n) is 4.10. The minimum atomic E-state index is -0.488. The van der Waals surface area contributed by atoms with Gasteiger partial charge in [0.25, 0.3) is 0 Å². The summed E-state index contributed by atoms with van der Waals surface area (Å²) in [5.74, 6) is 0.449. The number of carbonyl (C=O) groups is 1. The van der Waals surface area contributed by atoms with Crippen LogP contribution < -0.4 is 16.0 Å². The van der Waals surface area contributed by atoms with Crippen LogP contribution in [0.15, 0.2) is 91.1 Å². The fourth-order valence-corrected chi connectivity index (χ4v) is 4.61. The smallest absolute Gasteiger partial charge is 0.342 e. The number of rotatable bonds is 8. The van der Waals surface area contributed by atoms with Gasteiger partial charge in [0.05, 0.1) is 33.7 Å². The number of esters is 1. The Morgan fingerprint density at radius 3 is 2.34 bits per heavy atom. The maximum atomic E-state index is 13.0. The van der Waals surface area contributed by atoms with Crippen LogP contribution in [0.5, 0.6) is 0 Å². The lowest BCUT2D eigenvalue weighted by molar-refractivity contribution is 0.0528. The molecule has 0 atom stereocenters. The lowest BCUT2D eigenvalue weighted by Crippen LogP contribution is -2.20. The zero-order chi connectivity index (χ0) is 28.8. The Hall–Kier alpha value is -4.44. The van der Waals surface area contributed by atoms with Gasteiger partial charge in [-0.25, -0.2) is 4.79 Å². The average molecular weight is 604 g/mol. The van der Waals surface area contributed by atoms with Crippen molar-refractivity contribution in [2.75, 3.05) is 22.6 Å². The van der Waals surface area contributed by atoms with Crippen molar-refractivity contribution in [1.29, 1.82) is 0 Å². The summed E-state index contributed by atoms with van der Waals surface area (Å²) >= 11 is 17.9. The fraction of sp³-hybridized carbons (Fsp3) is 0.0667. The second-order valence-corrected chi connectivity index (χ2v) is 9.94. The van der Waals surface area contributed by atoms with Gasteiger partial charge < -0.3 is 25.7 Å². The molecule has 0 unspecified atom stereocenters. The van der Waals surface area contributed by atoms with Crippen LogP contribution in [-0.2, 0) is 4.74 Å². The molecule has 0 fully saturated rings. The van der Waals surface area contributed by atoms with E-state index in [-0.39, 0.29) is 6.61 Å². The first-order chi connectivity index (χ1) is 19.9. The van der Waals surface area contributed by atoms with Gasteiger partial charge in [-0.2, -0.15) is 0 Å². The average Bonchev–Trinajstić information content (AvgIpc) is 3.40. The molecule has 2 aromatic heterocycles. The first-order valence-electron chi connectivity index (χ1n) is 12.6. The number of nitrogens with one attached hydrogen (secondary N) is 4. The first-order valence-corrected chi connectivity index (χ1v) is 13.8. The predicted molar refractivity (Wildman–Crippen MR) is 169 cm³/mol. The van der Waals surface area contributed by atoms with Gasteiger partial charge in [-0.3, -0.25) is 0 Å². The largest absolute Gasteiger partial charge is 0.462 e. The number of halogens is 2. The van der Waals surface area contributed by atoms with Gasteiger partial charge in [-0.15, -0.1) is 10.2 Å². The molecule has 8 nitrogen and oxygen atoms in total. The van der Waals surface area contributed by atoms with E-state index in [1.54, 1.807) is 31.3 Å². The number of hydrogen-bond acceptors (Lipinski definition) is 6. The molecule has 2 heterocycles. The molecule has 0 saturated carbocycles. The lowest BCUT2D eigenvalue weighted by Gasteiger charge is -2.15. The number of aromatic nitrogens is 3. The number of ether oxygens (including phenoxy) is 1. The number of hydrogen-bond donors (Lipinski definition) is 4. The van der Waals surface area contributed by atoms with E-state index >= 15 is 0 Å². The Kier molecular flexibility index (Phi) is 8.79. The lowest BCUT2D eigenvalue weighted by atomic mass is 10.0. The number of carbonyl (C=O) groups excluding carboxylic acids is 1. The van der Waals surface area contributed by atoms with Crippen molar-refractivity contribution in [3.63, 3.8) is 0 Å². The molecule has 0 radical (unpaired) electrons. The first kappa shape index (κ1) is 28.1. The number of thiocarbonyl (C=S) groups is 1. The summed E-state index contributed by atoms with van der Waals surface area (Å²) < 4.78 is 5.36. The zero-order valence-corrected chi connectivity index (χ0v) is 24.1. The van der Waals surface area contributed by atoms with Crippen LogP contribution in [0.4, 0.5) is 23.0 Å². The van der Waals surface area contributed by atoms with E-state index in [0.717, 1.165) is 11.3 Å². The Labute approximate surface area is 252 Å². The SMILES string of the molecule is CCOC(=O)c1c(-c2ccc(Cl)c(Cl)c2)c[nH]c1Nc1ccccc1NC(=S)Nc1ccc(-c2ccccc2)nn1. The van der Waals surface area contributed by atoms with Crippen molar-refractivity contribution in [3.05, 3.63) is 107 Å². The third kappa shape index (κ3) is 6.66. The van der Waals surface area contributed by atoms with Crippen molar-refractivity contribution >= 4 is 69.5 Å². The molecule has 5 rings (SSSR count). The standard InChI is InChI=1S/C30H24Cl2N6O2S/c1-2-40-29(39)27-20(19-12-13-21(31)22(32)16-19)17-33-28(27)34-24-10-6-7-11-25(24)35-30(41)36-26-15-14-23(37-38-26)18-8-4-3-5-9-18/h3-17,33-34H,2H2,1H3,(H2,35,36,38,41). The van der Waals surface area contributed by atoms with Gasteiger partial charge in [0, 0.05) is 17.3 Å². The third-order valence-corrected chi connectivity index (χ3v) is 6.94. The van der Waals surface area contributed by atoms with Crippen LogP contribution in [0, 0.1) is 0 Å². The van der Waals surface area contributed by atoms with Crippen molar-refractivity contribution in [2.45, 2.75) is 6.92 Å². The van der Waals surface area contributed by atoms with Gasteiger partial charge in [0.15, 0.2) is 10.9 Å². The molecular weight excluding hydrogens is 579 g/mol. The summed E-state index contributed by atoms with van der Waals surface area (Å²) in [4.78, 5) is 16.2. The molecule has 0 saturated heterocycles. The zero-order valence-electron chi connectivity index (χ0n) is 21.7.